The van der Waals surface area contributed by atoms with Crippen LogP contribution in [0.5, 0.6) is 0 Å². The molecule has 0 bridgehead atoms. The number of nitrogens with zero attached hydrogens (tertiary/aromatic N) is 3. The lowest BCUT2D eigenvalue weighted by atomic mass is 9.79. The lowest BCUT2D eigenvalue weighted by Crippen LogP contribution is -2.48. The molecule has 2 saturated carbocycles. The molecule has 142 valence electrons. The van der Waals surface area contributed by atoms with Crippen LogP contribution in [0.4, 0.5) is 0 Å². The van der Waals surface area contributed by atoms with E-state index in [0.717, 1.165) is 24.7 Å². The minimum absolute atomic E-state index is 0.0204. The SMILES string of the molecule is CN(C)C(=O)CN=C(NCC(=O)N(C)C)NC1CCC2CCCC2C1. The molecule has 0 aromatic carbocycles. The van der Waals surface area contributed by atoms with Crippen LogP contribution in [0.2, 0.25) is 0 Å². The summed E-state index contributed by atoms with van der Waals surface area (Å²) in [5, 5.41) is 6.53. The zero-order valence-electron chi connectivity index (χ0n) is 16.0. The summed E-state index contributed by atoms with van der Waals surface area (Å²) in [4.78, 5) is 31.1. The first-order chi connectivity index (χ1) is 11.9. The number of carbonyl (C=O) groups is 2. The maximum atomic E-state index is 11.8. The normalized spacial score (nSPS) is 25.9. The summed E-state index contributed by atoms with van der Waals surface area (Å²) in [7, 11) is 6.89. The molecular formula is C18H33N5O2. The molecule has 0 radical (unpaired) electrons. The number of hydrogen-bond donors (Lipinski definition) is 2. The Kier molecular flexibility index (Phi) is 7.08. The molecule has 3 atom stereocenters. The van der Waals surface area contributed by atoms with Crippen molar-refractivity contribution in [3.8, 4) is 0 Å². The van der Waals surface area contributed by atoms with E-state index in [1.54, 1.807) is 33.1 Å². The van der Waals surface area contributed by atoms with Crippen LogP contribution in [0, 0.1) is 11.8 Å². The van der Waals surface area contributed by atoms with Gasteiger partial charge in [-0.15, -0.1) is 0 Å². The van der Waals surface area contributed by atoms with Crippen molar-refractivity contribution in [3.05, 3.63) is 0 Å². The Morgan fingerprint density at radius 3 is 2.32 bits per heavy atom. The van der Waals surface area contributed by atoms with Gasteiger partial charge in [0.15, 0.2) is 5.96 Å². The minimum Gasteiger partial charge on any atom is -0.354 e. The zero-order chi connectivity index (χ0) is 18.4. The van der Waals surface area contributed by atoms with E-state index in [9.17, 15) is 9.59 Å². The highest BCUT2D eigenvalue weighted by Gasteiger charge is 2.34. The van der Waals surface area contributed by atoms with Crippen LogP contribution in [0.3, 0.4) is 0 Å². The second-order valence-electron chi connectivity index (χ2n) is 7.70. The highest BCUT2D eigenvalue weighted by molar-refractivity contribution is 5.88. The van der Waals surface area contributed by atoms with Gasteiger partial charge in [0.1, 0.15) is 6.54 Å². The van der Waals surface area contributed by atoms with Crippen molar-refractivity contribution in [1.82, 2.24) is 20.4 Å². The fraction of sp³-hybridized carbons (Fsp3) is 0.833. The van der Waals surface area contributed by atoms with Gasteiger partial charge in [-0.2, -0.15) is 0 Å². The van der Waals surface area contributed by atoms with Gasteiger partial charge in [0, 0.05) is 34.2 Å². The molecule has 2 rings (SSSR count). The number of nitrogens with one attached hydrogen (secondary N) is 2. The number of likely N-dealkylation sites (N-methyl/N-ethyl adjacent to an activating group) is 2. The van der Waals surface area contributed by atoms with E-state index in [1.165, 1.54) is 30.6 Å². The van der Waals surface area contributed by atoms with Crippen molar-refractivity contribution in [2.45, 2.75) is 44.6 Å². The standard InChI is InChI=1S/C18H33N5O2/c1-22(2)16(24)11-19-18(20-12-17(25)23(3)4)21-15-9-8-13-6-5-7-14(13)10-15/h13-15H,5-12H2,1-4H3,(H2,19,20,21). The lowest BCUT2D eigenvalue weighted by Gasteiger charge is -2.33. The molecule has 3 unspecified atom stereocenters. The third kappa shape index (κ3) is 5.90. The van der Waals surface area contributed by atoms with Crippen LogP contribution in [0.15, 0.2) is 4.99 Å². The van der Waals surface area contributed by atoms with E-state index < -0.39 is 0 Å². The molecule has 0 heterocycles. The maximum absolute atomic E-state index is 11.8. The molecule has 25 heavy (non-hydrogen) atoms. The van der Waals surface area contributed by atoms with Crippen LogP contribution in [0.25, 0.3) is 0 Å². The Hall–Kier alpha value is -1.79. The van der Waals surface area contributed by atoms with Crippen LogP contribution >= 0.6 is 0 Å². The fourth-order valence-corrected chi connectivity index (χ4v) is 3.79. The van der Waals surface area contributed by atoms with Gasteiger partial charge < -0.3 is 20.4 Å². The summed E-state index contributed by atoms with van der Waals surface area (Å²) in [5.74, 6) is 2.20. The minimum atomic E-state index is -0.0560. The molecule has 0 aromatic heterocycles. The quantitative estimate of drug-likeness (QED) is 0.564. The Morgan fingerprint density at radius 2 is 1.64 bits per heavy atom. The Balaban J connectivity index is 1.94. The Labute approximate surface area is 151 Å². The maximum Gasteiger partial charge on any atom is 0.243 e. The number of carbonyl (C=O) groups excluding carboxylic acids is 2. The summed E-state index contributed by atoms with van der Waals surface area (Å²) >= 11 is 0. The Bertz CT molecular complexity index is 504. The largest absolute Gasteiger partial charge is 0.354 e. The first-order valence-electron chi connectivity index (χ1n) is 9.32. The third-order valence-corrected chi connectivity index (χ3v) is 5.41. The Morgan fingerprint density at radius 1 is 0.960 bits per heavy atom. The monoisotopic (exact) mass is 351 g/mol. The van der Waals surface area contributed by atoms with E-state index in [0.29, 0.717) is 12.0 Å². The van der Waals surface area contributed by atoms with Gasteiger partial charge in [0.05, 0.1) is 6.54 Å². The lowest BCUT2D eigenvalue weighted by molar-refractivity contribution is -0.127. The zero-order valence-corrected chi connectivity index (χ0v) is 16.0. The van der Waals surface area contributed by atoms with Crippen molar-refractivity contribution >= 4 is 17.8 Å². The average molecular weight is 351 g/mol. The second-order valence-corrected chi connectivity index (χ2v) is 7.70. The number of rotatable bonds is 5. The topological polar surface area (TPSA) is 77.0 Å². The highest BCUT2D eigenvalue weighted by Crippen LogP contribution is 2.41. The van der Waals surface area contributed by atoms with Gasteiger partial charge in [0.25, 0.3) is 0 Å². The first-order valence-corrected chi connectivity index (χ1v) is 9.32. The molecule has 0 saturated heterocycles. The molecule has 0 aromatic rings. The van der Waals surface area contributed by atoms with E-state index >= 15 is 0 Å². The van der Waals surface area contributed by atoms with Gasteiger partial charge in [-0.05, 0) is 31.1 Å². The van der Waals surface area contributed by atoms with Crippen molar-refractivity contribution in [2.75, 3.05) is 41.3 Å². The van der Waals surface area contributed by atoms with Gasteiger partial charge in [-0.1, -0.05) is 19.3 Å². The smallest absolute Gasteiger partial charge is 0.243 e. The van der Waals surface area contributed by atoms with E-state index in [2.05, 4.69) is 15.6 Å². The first kappa shape index (κ1) is 19.5. The number of aliphatic imine (C=N–C) groups is 1. The van der Waals surface area contributed by atoms with Crippen LogP contribution in [-0.4, -0.2) is 74.9 Å². The molecule has 7 nitrogen and oxygen atoms in total. The number of hydrogen-bond acceptors (Lipinski definition) is 3. The van der Waals surface area contributed by atoms with Crippen molar-refractivity contribution in [3.63, 3.8) is 0 Å². The molecule has 2 aliphatic rings. The molecule has 0 spiro atoms. The summed E-state index contributed by atoms with van der Waals surface area (Å²) < 4.78 is 0. The second kappa shape index (κ2) is 9.06. The van der Waals surface area contributed by atoms with Crippen LogP contribution in [-0.2, 0) is 9.59 Å². The number of amides is 2. The van der Waals surface area contributed by atoms with E-state index in [4.69, 9.17) is 0 Å². The van der Waals surface area contributed by atoms with Crippen LogP contribution in [0.1, 0.15) is 38.5 Å². The molecule has 2 N–H and O–H groups in total. The number of fused-ring (bicyclic) bond motifs is 1. The van der Waals surface area contributed by atoms with Gasteiger partial charge in [-0.3, -0.25) is 9.59 Å². The molecule has 2 aliphatic carbocycles. The predicted octanol–water partition coefficient (Wildman–Crippen LogP) is 0.667. The summed E-state index contributed by atoms with van der Waals surface area (Å²) in [5.41, 5.74) is 0. The highest BCUT2D eigenvalue weighted by atomic mass is 16.2. The third-order valence-electron chi connectivity index (χ3n) is 5.41. The van der Waals surface area contributed by atoms with Crippen molar-refractivity contribution in [2.24, 2.45) is 16.8 Å². The van der Waals surface area contributed by atoms with E-state index in [1.807, 2.05) is 0 Å². The average Bonchev–Trinajstić information content (AvgIpc) is 3.03. The van der Waals surface area contributed by atoms with Crippen molar-refractivity contribution < 1.29 is 9.59 Å². The summed E-state index contributed by atoms with van der Waals surface area (Å²) in [6.45, 7) is 0.255. The van der Waals surface area contributed by atoms with Gasteiger partial charge in [0.2, 0.25) is 11.8 Å². The molecule has 7 heteroatoms. The molecule has 2 amide bonds. The molecule has 0 aliphatic heterocycles. The summed E-state index contributed by atoms with van der Waals surface area (Å²) in [6.07, 6.45) is 7.63. The van der Waals surface area contributed by atoms with Gasteiger partial charge in [-0.25, -0.2) is 4.99 Å². The van der Waals surface area contributed by atoms with E-state index in [-0.39, 0.29) is 24.9 Å². The van der Waals surface area contributed by atoms with Crippen LogP contribution < -0.4 is 10.6 Å². The molecular weight excluding hydrogens is 318 g/mol. The fourth-order valence-electron chi connectivity index (χ4n) is 3.79. The molecule has 2 fully saturated rings. The number of guanidine groups is 1. The van der Waals surface area contributed by atoms with Crippen molar-refractivity contribution in [1.29, 1.82) is 0 Å². The predicted molar refractivity (Wildman–Crippen MR) is 99.3 cm³/mol. The van der Waals surface area contributed by atoms with Gasteiger partial charge >= 0.3 is 0 Å². The summed E-state index contributed by atoms with van der Waals surface area (Å²) in [6, 6.07) is 0.370.